The molecule has 3 N–H and O–H groups in total. The Kier molecular flexibility index (Phi) is 7.78. The van der Waals surface area contributed by atoms with Gasteiger partial charge in [0.05, 0.1) is 5.75 Å². The third kappa shape index (κ3) is 7.18. The fourth-order valence-electron chi connectivity index (χ4n) is 3.71. The van der Waals surface area contributed by atoms with Crippen LogP contribution in [-0.2, 0) is 4.79 Å². The molecule has 1 fully saturated rings. The number of anilines is 4. The Labute approximate surface area is 199 Å². The molecule has 7 nitrogen and oxygen atoms in total. The van der Waals surface area contributed by atoms with E-state index in [2.05, 4.69) is 30.9 Å². The van der Waals surface area contributed by atoms with E-state index in [1.807, 2.05) is 62.4 Å². The molecule has 1 aliphatic carbocycles. The van der Waals surface area contributed by atoms with Gasteiger partial charge >= 0.3 is 0 Å². The van der Waals surface area contributed by atoms with Gasteiger partial charge in [0, 0.05) is 17.4 Å². The summed E-state index contributed by atoms with van der Waals surface area (Å²) in [5.41, 5.74) is 4.13. The molecule has 2 aromatic carbocycles. The van der Waals surface area contributed by atoms with E-state index in [0.29, 0.717) is 23.1 Å². The molecule has 0 spiro atoms. The lowest BCUT2D eigenvalue weighted by molar-refractivity contribution is -0.119. The number of carbonyl (C=O) groups is 1. The Morgan fingerprint density at radius 2 is 1.33 bits per heavy atom. The van der Waals surface area contributed by atoms with Crippen molar-refractivity contribution in [3.8, 4) is 0 Å². The summed E-state index contributed by atoms with van der Waals surface area (Å²) in [6.45, 7) is 4.09. The van der Waals surface area contributed by atoms with Gasteiger partial charge in [-0.2, -0.15) is 15.0 Å². The summed E-state index contributed by atoms with van der Waals surface area (Å²) >= 11 is 1.32. The highest BCUT2D eigenvalue weighted by Crippen LogP contribution is 2.23. The molecule has 1 saturated carbocycles. The first-order valence-corrected chi connectivity index (χ1v) is 12.4. The van der Waals surface area contributed by atoms with Gasteiger partial charge < -0.3 is 16.0 Å². The molecule has 0 unspecified atom stereocenters. The molecule has 172 valence electrons. The maximum Gasteiger partial charge on any atom is 0.233 e. The van der Waals surface area contributed by atoms with E-state index in [1.165, 1.54) is 42.2 Å². The minimum atomic E-state index is 0.0217. The van der Waals surface area contributed by atoms with Crippen molar-refractivity contribution in [1.29, 1.82) is 0 Å². The second-order valence-corrected chi connectivity index (χ2v) is 9.38. The molecule has 0 bridgehead atoms. The number of rotatable bonds is 8. The highest BCUT2D eigenvalue weighted by Gasteiger charge is 2.16. The van der Waals surface area contributed by atoms with Crippen LogP contribution in [-0.4, -0.2) is 32.7 Å². The fraction of sp³-hybridized carbons (Fsp3) is 0.360. The van der Waals surface area contributed by atoms with Crippen LogP contribution >= 0.6 is 11.8 Å². The molecule has 1 aliphatic rings. The van der Waals surface area contributed by atoms with E-state index in [4.69, 9.17) is 0 Å². The van der Waals surface area contributed by atoms with Crippen LogP contribution in [0.15, 0.2) is 53.7 Å². The van der Waals surface area contributed by atoms with Gasteiger partial charge in [0.25, 0.3) is 0 Å². The molecule has 33 heavy (non-hydrogen) atoms. The Morgan fingerprint density at radius 1 is 0.818 bits per heavy atom. The maximum absolute atomic E-state index is 12.5. The highest BCUT2D eigenvalue weighted by atomic mass is 32.2. The molecule has 1 amide bonds. The predicted molar refractivity (Wildman–Crippen MR) is 134 cm³/mol. The fourth-order valence-corrected chi connectivity index (χ4v) is 4.36. The molecule has 0 atom stereocenters. The summed E-state index contributed by atoms with van der Waals surface area (Å²) in [6.07, 6.45) is 5.77. The number of thioether (sulfide) groups is 1. The number of hydrogen-bond acceptors (Lipinski definition) is 7. The Bertz CT molecular complexity index is 1000. The molecule has 4 rings (SSSR count). The number of carbonyl (C=O) groups excluding carboxylic acids is 1. The van der Waals surface area contributed by atoms with Crippen molar-refractivity contribution in [2.45, 2.75) is 57.1 Å². The van der Waals surface area contributed by atoms with E-state index in [1.54, 1.807) is 0 Å². The molecular formula is C25H30N6OS. The second-order valence-electron chi connectivity index (χ2n) is 8.44. The van der Waals surface area contributed by atoms with E-state index in [9.17, 15) is 4.79 Å². The molecule has 3 aromatic rings. The van der Waals surface area contributed by atoms with E-state index < -0.39 is 0 Å². The molecular weight excluding hydrogens is 432 g/mol. The number of nitrogens with one attached hydrogen (secondary N) is 3. The van der Waals surface area contributed by atoms with Crippen molar-refractivity contribution in [2.75, 3.05) is 16.4 Å². The lowest BCUT2D eigenvalue weighted by atomic mass is 9.95. The van der Waals surface area contributed by atoms with Gasteiger partial charge in [-0.25, -0.2) is 0 Å². The van der Waals surface area contributed by atoms with Crippen LogP contribution in [0, 0.1) is 13.8 Å². The smallest absolute Gasteiger partial charge is 0.233 e. The van der Waals surface area contributed by atoms with E-state index in [-0.39, 0.29) is 11.7 Å². The molecule has 0 aliphatic heterocycles. The Morgan fingerprint density at radius 3 is 1.85 bits per heavy atom. The zero-order valence-electron chi connectivity index (χ0n) is 19.1. The summed E-state index contributed by atoms with van der Waals surface area (Å²) in [4.78, 5) is 26.1. The second kappa shape index (κ2) is 11.1. The molecule has 0 saturated heterocycles. The van der Waals surface area contributed by atoms with Crippen molar-refractivity contribution < 1.29 is 4.79 Å². The van der Waals surface area contributed by atoms with Gasteiger partial charge in [-0.1, -0.05) is 66.4 Å². The number of hydrogen-bond donors (Lipinski definition) is 3. The maximum atomic E-state index is 12.5. The van der Waals surface area contributed by atoms with Crippen LogP contribution in [0.5, 0.6) is 0 Å². The minimum Gasteiger partial charge on any atom is -0.353 e. The number of aromatic nitrogens is 3. The van der Waals surface area contributed by atoms with Crippen molar-refractivity contribution >= 4 is 40.9 Å². The quantitative estimate of drug-likeness (QED) is 0.380. The van der Waals surface area contributed by atoms with Crippen LogP contribution in [0.25, 0.3) is 0 Å². The van der Waals surface area contributed by atoms with Gasteiger partial charge in [-0.05, 0) is 51.0 Å². The number of nitrogens with zero attached hydrogens (tertiary/aromatic N) is 3. The van der Waals surface area contributed by atoms with E-state index >= 15 is 0 Å². The van der Waals surface area contributed by atoms with Crippen molar-refractivity contribution in [3.05, 3.63) is 59.7 Å². The summed E-state index contributed by atoms with van der Waals surface area (Å²) < 4.78 is 0. The molecule has 1 aromatic heterocycles. The lowest BCUT2D eigenvalue weighted by Crippen LogP contribution is -2.37. The molecule has 0 radical (unpaired) electrons. The van der Waals surface area contributed by atoms with Gasteiger partial charge in [0.1, 0.15) is 0 Å². The SMILES string of the molecule is Cc1ccc(Nc2nc(Nc3ccc(C)cc3)nc(SCC(=O)NC3CCCCC3)n2)cc1. The third-order valence-corrected chi connectivity index (χ3v) is 6.38. The summed E-state index contributed by atoms with van der Waals surface area (Å²) in [6, 6.07) is 16.3. The first-order valence-electron chi connectivity index (χ1n) is 11.4. The van der Waals surface area contributed by atoms with Crippen LogP contribution in [0.2, 0.25) is 0 Å². The monoisotopic (exact) mass is 462 g/mol. The zero-order valence-corrected chi connectivity index (χ0v) is 19.9. The van der Waals surface area contributed by atoms with Gasteiger partial charge in [-0.3, -0.25) is 4.79 Å². The zero-order chi connectivity index (χ0) is 23.0. The first kappa shape index (κ1) is 23.0. The van der Waals surface area contributed by atoms with Crippen LogP contribution in [0.1, 0.15) is 43.2 Å². The van der Waals surface area contributed by atoms with Crippen molar-refractivity contribution in [1.82, 2.24) is 20.3 Å². The van der Waals surface area contributed by atoms with Crippen LogP contribution in [0.4, 0.5) is 23.3 Å². The van der Waals surface area contributed by atoms with Crippen LogP contribution in [0.3, 0.4) is 0 Å². The summed E-state index contributed by atoms with van der Waals surface area (Å²) in [5, 5.41) is 10.1. The summed E-state index contributed by atoms with van der Waals surface area (Å²) in [5.74, 6) is 1.15. The number of amides is 1. The number of aryl methyl sites for hydroxylation is 2. The minimum absolute atomic E-state index is 0.0217. The van der Waals surface area contributed by atoms with Gasteiger partial charge in [0.2, 0.25) is 17.8 Å². The Balaban J connectivity index is 1.47. The van der Waals surface area contributed by atoms with E-state index in [0.717, 1.165) is 24.2 Å². The number of benzene rings is 2. The van der Waals surface area contributed by atoms with Gasteiger partial charge in [-0.15, -0.1) is 0 Å². The Hall–Kier alpha value is -3.13. The lowest BCUT2D eigenvalue weighted by Gasteiger charge is -2.22. The summed E-state index contributed by atoms with van der Waals surface area (Å²) in [7, 11) is 0. The molecule has 1 heterocycles. The molecule has 8 heteroatoms. The van der Waals surface area contributed by atoms with Gasteiger partial charge in [0.15, 0.2) is 5.16 Å². The average molecular weight is 463 g/mol. The topological polar surface area (TPSA) is 91.8 Å². The highest BCUT2D eigenvalue weighted by molar-refractivity contribution is 7.99. The van der Waals surface area contributed by atoms with Crippen molar-refractivity contribution in [3.63, 3.8) is 0 Å². The van der Waals surface area contributed by atoms with Crippen LogP contribution < -0.4 is 16.0 Å². The largest absolute Gasteiger partial charge is 0.353 e. The third-order valence-electron chi connectivity index (χ3n) is 5.53. The first-order chi connectivity index (χ1) is 16.0. The van der Waals surface area contributed by atoms with Crippen molar-refractivity contribution in [2.24, 2.45) is 0 Å². The predicted octanol–water partition coefficient (Wildman–Crippen LogP) is 5.52. The average Bonchev–Trinajstić information content (AvgIpc) is 2.81. The normalized spacial score (nSPS) is 14.0. The standard InChI is InChI=1S/C25H30N6OS/c1-17-8-12-20(13-9-17)27-23-29-24(28-21-14-10-18(2)11-15-21)31-25(30-23)33-16-22(32)26-19-6-4-3-5-7-19/h8-15,19H,3-7,16H2,1-2H3,(H,26,32)(H2,27,28,29,30,31).